The first kappa shape index (κ1) is 11.9. The van der Waals surface area contributed by atoms with Crippen LogP contribution >= 0.6 is 0 Å². The summed E-state index contributed by atoms with van der Waals surface area (Å²) in [4.78, 5) is 15.8. The van der Waals surface area contributed by atoms with Crippen molar-refractivity contribution in [3.8, 4) is 11.8 Å². The van der Waals surface area contributed by atoms with Crippen LogP contribution in [0.1, 0.15) is 10.6 Å². The fourth-order valence-electron chi connectivity index (χ4n) is 1.30. The number of carbonyl (C=O) groups excluding carboxylic acids is 1. The van der Waals surface area contributed by atoms with Crippen molar-refractivity contribution in [1.82, 2.24) is 10.1 Å². The van der Waals surface area contributed by atoms with E-state index in [9.17, 15) is 4.79 Å². The zero-order chi connectivity index (χ0) is 13.0. The summed E-state index contributed by atoms with van der Waals surface area (Å²) in [5.41, 5.74) is 0.416. The number of pyridine rings is 1. The Morgan fingerprint density at radius 3 is 2.72 bits per heavy atom. The van der Waals surface area contributed by atoms with Crippen LogP contribution in [-0.4, -0.2) is 30.3 Å². The second-order valence-corrected chi connectivity index (χ2v) is 3.24. The van der Waals surface area contributed by atoms with Gasteiger partial charge in [0.05, 0.1) is 20.4 Å². The Kier molecular flexibility index (Phi) is 3.42. The summed E-state index contributed by atoms with van der Waals surface area (Å²) in [5, 5.41) is 6.05. The molecule has 0 aliphatic carbocycles. The first-order valence-electron chi connectivity index (χ1n) is 5.05. The van der Waals surface area contributed by atoms with E-state index >= 15 is 0 Å². The summed E-state index contributed by atoms with van der Waals surface area (Å²) in [6.45, 7) is 0. The average molecular weight is 249 g/mol. The molecular weight excluding hydrogens is 238 g/mol. The molecule has 2 rings (SSSR count). The zero-order valence-electron chi connectivity index (χ0n) is 9.84. The summed E-state index contributed by atoms with van der Waals surface area (Å²) in [5.74, 6) is 0.317. The van der Waals surface area contributed by atoms with E-state index in [-0.39, 0.29) is 11.6 Å². The molecule has 2 aromatic heterocycles. The molecule has 0 saturated heterocycles. The number of carbonyl (C=O) groups is 1. The maximum atomic E-state index is 11.7. The molecular formula is C11H11N3O4. The number of ether oxygens (including phenoxy) is 2. The number of nitrogens with zero attached hydrogens (tertiary/aromatic N) is 2. The molecule has 0 unspecified atom stereocenters. The van der Waals surface area contributed by atoms with E-state index in [1.807, 2.05) is 0 Å². The lowest BCUT2D eigenvalue weighted by atomic mass is 10.3. The van der Waals surface area contributed by atoms with E-state index in [0.29, 0.717) is 11.6 Å². The first-order valence-corrected chi connectivity index (χ1v) is 5.05. The maximum Gasteiger partial charge on any atom is 0.294 e. The number of amides is 1. The van der Waals surface area contributed by atoms with Gasteiger partial charge in [0.2, 0.25) is 17.5 Å². The maximum absolute atomic E-state index is 11.7. The Hall–Kier alpha value is -2.57. The van der Waals surface area contributed by atoms with Crippen LogP contribution in [0.25, 0.3) is 0 Å². The quantitative estimate of drug-likeness (QED) is 0.879. The Labute approximate surface area is 103 Å². The molecule has 0 atom stereocenters. The summed E-state index contributed by atoms with van der Waals surface area (Å²) < 4.78 is 14.7. The molecule has 0 radical (unpaired) electrons. The number of hydrogen-bond donors (Lipinski definition) is 1. The number of methoxy groups -OCH3 is 2. The SMILES string of the molecule is COc1ccc(NC(=O)c2ccno2)c(OC)n1. The molecule has 0 aromatic carbocycles. The van der Waals surface area contributed by atoms with Gasteiger partial charge < -0.3 is 19.3 Å². The highest BCUT2D eigenvalue weighted by atomic mass is 16.5. The Balaban J connectivity index is 2.21. The largest absolute Gasteiger partial charge is 0.481 e. The number of rotatable bonds is 4. The van der Waals surface area contributed by atoms with Gasteiger partial charge in [0.25, 0.3) is 5.91 Å². The topological polar surface area (TPSA) is 86.5 Å². The van der Waals surface area contributed by atoms with Crippen molar-refractivity contribution in [2.24, 2.45) is 0 Å². The summed E-state index contributed by atoms with van der Waals surface area (Å²) >= 11 is 0. The normalized spacial score (nSPS) is 9.89. The summed E-state index contributed by atoms with van der Waals surface area (Å²) in [6, 6.07) is 4.69. The van der Waals surface area contributed by atoms with Crippen LogP contribution in [-0.2, 0) is 0 Å². The molecule has 7 nitrogen and oxygen atoms in total. The van der Waals surface area contributed by atoms with Crippen molar-refractivity contribution in [1.29, 1.82) is 0 Å². The van der Waals surface area contributed by atoms with Gasteiger partial charge in [-0.1, -0.05) is 5.16 Å². The minimum Gasteiger partial charge on any atom is -0.481 e. The Morgan fingerprint density at radius 1 is 1.28 bits per heavy atom. The van der Waals surface area contributed by atoms with Crippen LogP contribution in [0.15, 0.2) is 28.9 Å². The van der Waals surface area contributed by atoms with Crippen LogP contribution in [0.4, 0.5) is 5.69 Å². The van der Waals surface area contributed by atoms with Gasteiger partial charge in [-0.3, -0.25) is 4.79 Å². The molecule has 1 amide bonds. The van der Waals surface area contributed by atoms with Crippen molar-refractivity contribution >= 4 is 11.6 Å². The van der Waals surface area contributed by atoms with E-state index in [2.05, 4.69) is 15.5 Å². The second-order valence-electron chi connectivity index (χ2n) is 3.24. The molecule has 0 aliphatic rings. The number of nitrogens with one attached hydrogen (secondary N) is 1. The number of anilines is 1. The predicted octanol–water partition coefficient (Wildman–Crippen LogP) is 1.34. The summed E-state index contributed by atoms with van der Waals surface area (Å²) in [6.07, 6.45) is 1.39. The molecule has 18 heavy (non-hydrogen) atoms. The van der Waals surface area contributed by atoms with Crippen LogP contribution in [0.5, 0.6) is 11.8 Å². The molecule has 2 aromatic rings. The third kappa shape index (κ3) is 2.40. The standard InChI is InChI=1S/C11H11N3O4/c1-16-9-4-3-7(11(14-9)17-2)13-10(15)8-5-6-12-18-8/h3-6H,1-2H3,(H,13,15). The summed E-state index contributed by atoms with van der Waals surface area (Å²) in [7, 11) is 2.94. The van der Waals surface area contributed by atoms with Gasteiger partial charge in [-0.25, -0.2) is 0 Å². The van der Waals surface area contributed by atoms with Gasteiger partial charge in [0.1, 0.15) is 5.69 Å². The lowest BCUT2D eigenvalue weighted by Crippen LogP contribution is -2.12. The van der Waals surface area contributed by atoms with Gasteiger partial charge in [-0.2, -0.15) is 4.98 Å². The molecule has 94 valence electrons. The monoisotopic (exact) mass is 249 g/mol. The molecule has 0 spiro atoms. The van der Waals surface area contributed by atoms with Gasteiger partial charge in [-0.05, 0) is 6.07 Å². The fourth-order valence-corrected chi connectivity index (χ4v) is 1.30. The third-order valence-corrected chi connectivity index (χ3v) is 2.15. The van der Waals surface area contributed by atoms with Crippen LogP contribution in [0, 0.1) is 0 Å². The van der Waals surface area contributed by atoms with E-state index in [4.69, 9.17) is 14.0 Å². The van der Waals surface area contributed by atoms with E-state index in [0.717, 1.165) is 0 Å². The van der Waals surface area contributed by atoms with Crippen molar-refractivity contribution in [3.63, 3.8) is 0 Å². The molecule has 0 fully saturated rings. The lowest BCUT2D eigenvalue weighted by molar-refractivity contribution is 0.0987. The van der Waals surface area contributed by atoms with Gasteiger partial charge >= 0.3 is 0 Å². The Morgan fingerprint density at radius 2 is 2.11 bits per heavy atom. The highest BCUT2D eigenvalue weighted by Gasteiger charge is 2.14. The lowest BCUT2D eigenvalue weighted by Gasteiger charge is -2.09. The highest BCUT2D eigenvalue weighted by molar-refractivity contribution is 6.02. The smallest absolute Gasteiger partial charge is 0.294 e. The van der Waals surface area contributed by atoms with E-state index in [1.54, 1.807) is 12.1 Å². The molecule has 0 saturated carbocycles. The van der Waals surface area contributed by atoms with Crippen LogP contribution < -0.4 is 14.8 Å². The second kappa shape index (κ2) is 5.17. The van der Waals surface area contributed by atoms with E-state index < -0.39 is 5.91 Å². The molecule has 1 N–H and O–H groups in total. The predicted molar refractivity (Wildman–Crippen MR) is 61.8 cm³/mol. The van der Waals surface area contributed by atoms with Crippen molar-refractivity contribution in [2.75, 3.05) is 19.5 Å². The van der Waals surface area contributed by atoms with E-state index in [1.165, 1.54) is 26.5 Å². The van der Waals surface area contributed by atoms with Crippen molar-refractivity contribution in [3.05, 3.63) is 30.2 Å². The third-order valence-electron chi connectivity index (χ3n) is 2.15. The van der Waals surface area contributed by atoms with Gasteiger partial charge in [0.15, 0.2) is 0 Å². The number of hydrogen-bond acceptors (Lipinski definition) is 6. The average Bonchev–Trinajstić information content (AvgIpc) is 2.93. The van der Waals surface area contributed by atoms with Gasteiger partial charge in [-0.15, -0.1) is 0 Å². The molecule has 2 heterocycles. The van der Waals surface area contributed by atoms with Crippen LogP contribution in [0.2, 0.25) is 0 Å². The first-order chi connectivity index (χ1) is 8.74. The minimum absolute atomic E-state index is 0.105. The van der Waals surface area contributed by atoms with Crippen molar-refractivity contribution < 1.29 is 18.8 Å². The van der Waals surface area contributed by atoms with Crippen molar-refractivity contribution in [2.45, 2.75) is 0 Å². The van der Waals surface area contributed by atoms with Crippen LogP contribution in [0.3, 0.4) is 0 Å². The molecule has 0 bridgehead atoms. The zero-order valence-corrected chi connectivity index (χ0v) is 9.84. The fraction of sp³-hybridized carbons (Fsp3) is 0.182. The highest BCUT2D eigenvalue weighted by Crippen LogP contribution is 2.25. The molecule has 0 aliphatic heterocycles. The van der Waals surface area contributed by atoms with Gasteiger partial charge in [0, 0.05) is 12.1 Å². The molecule has 7 heteroatoms. The Bertz CT molecular complexity index is 539. The number of aromatic nitrogens is 2. The minimum atomic E-state index is -0.433.